The van der Waals surface area contributed by atoms with Crippen LogP contribution in [0.1, 0.15) is 32.3 Å². The number of nitrogens with two attached hydrogens (primary N) is 1. The van der Waals surface area contributed by atoms with E-state index in [0.29, 0.717) is 16.8 Å². The van der Waals surface area contributed by atoms with Crippen molar-refractivity contribution in [2.24, 2.45) is 19.5 Å². The number of amides is 3. The summed E-state index contributed by atoms with van der Waals surface area (Å²) in [4.78, 5) is 41.4. The zero-order valence-corrected chi connectivity index (χ0v) is 25.4. The molecule has 1 aromatic rings. The zero-order chi connectivity index (χ0) is 31.6. The number of carbonyl (C=O) groups excluding carboxylic acids is 3. The van der Waals surface area contributed by atoms with Crippen LogP contribution in [0.2, 0.25) is 0 Å². The van der Waals surface area contributed by atoms with E-state index in [0.717, 1.165) is 6.07 Å². The molecule has 1 aromatic carbocycles. The van der Waals surface area contributed by atoms with Crippen LogP contribution in [-0.2, 0) is 25.7 Å². The Bertz CT molecular complexity index is 1410. The van der Waals surface area contributed by atoms with Crippen molar-refractivity contribution < 1.29 is 41.1 Å². The highest BCUT2D eigenvalue weighted by molar-refractivity contribution is 14.2. The van der Waals surface area contributed by atoms with Crippen LogP contribution >= 0.6 is 21.0 Å². The Morgan fingerprint density at radius 1 is 1.26 bits per heavy atom. The minimum absolute atomic E-state index is 0.000552. The second kappa shape index (κ2) is 12.9. The Balaban J connectivity index is 1.58. The summed E-state index contributed by atoms with van der Waals surface area (Å²) in [7, 11) is 0. The molecule has 0 unspecified atom stereocenters. The number of likely N-dealkylation sites (tertiary alicyclic amines) is 1. The number of nitrogens with zero attached hydrogens (tertiary/aromatic N) is 4. The molecule has 1 saturated heterocycles. The lowest BCUT2D eigenvalue weighted by Crippen LogP contribution is -2.61. The number of hydrogen-bond acceptors (Lipinski definition) is 7. The maximum absolute atomic E-state index is 14.1. The highest BCUT2D eigenvalue weighted by Crippen LogP contribution is 2.40. The number of hydrogen-bond donors (Lipinski definition) is 2. The lowest BCUT2D eigenvalue weighted by atomic mass is 9.73. The number of benzene rings is 1. The van der Waals surface area contributed by atoms with E-state index >= 15 is 0 Å². The van der Waals surface area contributed by atoms with Gasteiger partial charge in [-0.25, -0.2) is 17.0 Å². The molecule has 0 saturated carbocycles. The van der Waals surface area contributed by atoms with Crippen LogP contribution in [0.15, 0.2) is 38.7 Å². The molecular formula is C27H30F5IN6O4. The van der Waals surface area contributed by atoms with Crippen LogP contribution in [0.3, 0.4) is 0 Å². The van der Waals surface area contributed by atoms with Crippen molar-refractivity contribution in [3.8, 4) is 0 Å². The van der Waals surface area contributed by atoms with Gasteiger partial charge >= 0.3 is 6.18 Å². The van der Waals surface area contributed by atoms with Crippen LogP contribution in [0.5, 0.6) is 0 Å². The van der Waals surface area contributed by atoms with Crippen molar-refractivity contribution >= 4 is 54.2 Å². The summed E-state index contributed by atoms with van der Waals surface area (Å²) in [6, 6.07) is 1.56. The molecule has 3 amide bonds. The predicted molar refractivity (Wildman–Crippen MR) is 156 cm³/mol. The number of alkyl halides is 3. The van der Waals surface area contributed by atoms with Gasteiger partial charge in [-0.3, -0.25) is 14.4 Å². The molecule has 0 bridgehead atoms. The third kappa shape index (κ3) is 7.89. The molecular weight excluding hydrogens is 694 g/mol. The quantitative estimate of drug-likeness (QED) is 0.284. The van der Waals surface area contributed by atoms with Gasteiger partial charge in [0.2, 0.25) is 11.8 Å². The largest absolute Gasteiger partial charge is 0.408 e. The van der Waals surface area contributed by atoms with Crippen LogP contribution < -0.4 is 11.1 Å². The Labute approximate surface area is 254 Å². The number of rotatable bonds is 10. The first-order valence-electron chi connectivity index (χ1n) is 13.2. The van der Waals surface area contributed by atoms with E-state index in [4.69, 9.17) is 10.5 Å². The number of carbonyl (C=O) groups is 3. The van der Waals surface area contributed by atoms with Gasteiger partial charge in [0.1, 0.15) is 29.6 Å². The summed E-state index contributed by atoms with van der Waals surface area (Å²) in [6.45, 7) is 0.163. The van der Waals surface area contributed by atoms with E-state index in [-0.39, 0.29) is 43.8 Å². The van der Waals surface area contributed by atoms with Crippen LogP contribution in [0, 0.1) is 17.0 Å². The zero-order valence-electron chi connectivity index (χ0n) is 23.3. The number of ether oxygens (including phenoxy) is 1. The Morgan fingerprint density at radius 2 is 2.00 bits per heavy atom. The van der Waals surface area contributed by atoms with Crippen LogP contribution in [0.4, 0.5) is 22.0 Å². The van der Waals surface area contributed by atoms with E-state index in [1.807, 2.05) is 4.01 Å². The summed E-state index contributed by atoms with van der Waals surface area (Å²) in [6.07, 6.45) is -1.30. The van der Waals surface area contributed by atoms with Gasteiger partial charge in [0, 0.05) is 64.3 Å². The van der Waals surface area contributed by atoms with E-state index in [9.17, 15) is 36.3 Å². The molecule has 16 heteroatoms. The maximum Gasteiger partial charge on any atom is 0.408 e. The Hall–Kier alpha value is -3.12. The average molecular weight is 724 g/mol. The topological polar surface area (TPSA) is 130 Å². The summed E-state index contributed by atoms with van der Waals surface area (Å²) in [5, 5.41) is 6.95. The number of fused-ring (bicyclic) bond motifs is 1. The lowest BCUT2D eigenvalue weighted by molar-refractivity contribution is -0.164. The molecule has 0 aromatic heterocycles. The van der Waals surface area contributed by atoms with Gasteiger partial charge in [-0.05, 0) is 30.0 Å². The highest BCUT2D eigenvalue weighted by atomic mass is 127. The molecule has 3 heterocycles. The SMILES string of the molecule is CC(C)(N)C(=O)N[C@H](COCc1ccc(F)cc1F)C(=O)N1CCC2=NN(CC(F)(F)F)C(=O)[C@]2(CC2=NI=CC=C2)C1. The molecule has 0 aliphatic carbocycles. The van der Waals surface area contributed by atoms with E-state index in [1.54, 1.807) is 12.2 Å². The van der Waals surface area contributed by atoms with Crippen molar-refractivity contribution in [3.63, 3.8) is 0 Å². The lowest BCUT2D eigenvalue weighted by Gasteiger charge is -2.40. The molecule has 3 N–H and O–H groups in total. The summed E-state index contributed by atoms with van der Waals surface area (Å²) < 4.78 is 79.1. The van der Waals surface area contributed by atoms with E-state index < -0.39 is 86.7 Å². The predicted octanol–water partition coefficient (Wildman–Crippen LogP) is 2.77. The molecule has 0 radical (unpaired) electrons. The number of nitrogens with one attached hydrogen (secondary N) is 1. The maximum atomic E-state index is 14.1. The molecule has 0 spiro atoms. The minimum Gasteiger partial charge on any atom is -0.374 e. The Morgan fingerprint density at radius 3 is 2.63 bits per heavy atom. The first-order valence-corrected chi connectivity index (χ1v) is 15.4. The van der Waals surface area contributed by atoms with Gasteiger partial charge in [-0.15, -0.1) is 0 Å². The molecule has 1 fully saturated rings. The monoisotopic (exact) mass is 724 g/mol. The normalized spacial score (nSPS) is 21.2. The van der Waals surface area contributed by atoms with Gasteiger partial charge in [-0.2, -0.15) is 18.3 Å². The van der Waals surface area contributed by atoms with Gasteiger partial charge in [0.15, 0.2) is 0 Å². The molecule has 3 aliphatic rings. The first-order chi connectivity index (χ1) is 20.1. The third-order valence-electron chi connectivity index (χ3n) is 6.96. The molecule has 234 valence electrons. The fourth-order valence-corrected chi connectivity index (χ4v) is 6.05. The van der Waals surface area contributed by atoms with E-state index in [1.165, 1.54) is 24.8 Å². The van der Waals surface area contributed by atoms with Crippen molar-refractivity contribution in [3.05, 3.63) is 47.5 Å². The van der Waals surface area contributed by atoms with Crippen LogP contribution in [0.25, 0.3) is 0 Å². The standard InChI is InChI=1S/C27H30F5IN6O4/c1-25(2,34)23(41)35-20(13-43-12-16-5-6-17(28)10-19(16)29)22(40)38-9-7-21-26(14-38,11-18-4-3-8-33-36-18)24(42)39(37-21)15-27(30,31)32/h3-6,8,10,20H,7,9,11-15,34H2,1-2H3,(H,35,41)/t20-,26-/m1/s1. The minimum atomic E-state index is -4.70. The number of allylic oxidation sites excluding steroid dienone is 2. The van der Waals surface area contributed by atoms with Gasteiger partial charge in [0.05, 0.1) is 24.5 Å². The van der Waals surface area contributed by atoms with Gasteiger partial charge < -0.3 is 20.7 Å². The third-order valence-corrected chi connectivity index (χ3v) is 8.60. The molecule has 2 atom stereocenters. The van der Waals surface area contributed by atoms with Crippen LogP contribution in [-0.4, -0.2) is 87.1 Å². The smallest absolute Gasteiger partial charge is 0.374 e. The van der Waals surface area contributed by atoms with Gasteiger partial charge in [0.25, 0.3) is 5.91 Å². The summed E-state index contributed by atoms with van der Waals surface area (Å²) in [5.41, 5.74) is 3.67. The molecule has 43 heavy (non-hydrogen) atoms. The second-order valence-electron chi connectivity index (χ2n) is 11.0. The van der Waals surface area contributed by atoms with Gasteiger partial charge in [-0.1, -0.05) is 12.1 Å². The van der Waals surface area contributed by atoms with E-state index in [2.05, 4.69) is 13.6 Å². The fraction of sp³-hybridized carbons (Fsp3) is 0.481. The number of piperidine rings is 1. The highest BCUT2D eigenvalue weighted by Gasteiger charge is 2.56. The Kier molecular flexibility index (Phi) is 9.80. The number of halogens is 6. The van der Waals surface area contributed by atoms with Crippen molar-refractivity contribution in [2.75, 3.05) is 26.2 Å². The van der Waals surface area contributed by atoms with Crippen molar-refractivity contribution in [1.82, 2.24) is 15.2 Å². The first kappa shape index (κ1) is 32.8. The fourth-order valence-electron chi connectivity index (χ4n) is 4.81. The molecule has 10 nitrogen and oxygen atoms in total. The molecule has 3 aliphatic heterocycles. The number of hydrazone groups is 1. The second-order valence-corrected chi connectivity index (χ2v) is 12.7. The molecule has 4 rings (SSSR count). The van der Waals surface area contributed by atoms with Crippen molar-refractivity contribution in [2.45, 2.75) is 51.1 Å². The average Bonchev–Trinajstić information content (AvgIpc) is 3.17. The summed E-state index contributed by atoms with van der Waals surface area (Å²) in [5.74, 6) is -3.92. The van der Waals surface area contributed by atoms with Crippen molar-refractivity contribution in [1.29, 1.82) is 0 Å². The summed E-state index contributed by atoms with van der Waals surface area (Å²) >= 11 is -0.685.